The van der Waals surface area contributed by atoms with Gasteiger partial charge in [0.15, 0.2) is 0 Å². The Morgan fingerprint density at radius 2 is 2.05 bits per heavy atom. The van der Waals surface area contributed by atoms with Crippen molar-refractivity contribution in [2.24, 2.45) is 0 Å². The van der Waals surface area contributed by atoms with Crippen molar-refractivity contribution in [1.82, 2.24) is 10.3 Å². The molecule has 0 fully saturated rings. The normalized spacial score (nSPS) is 11.8. The standard InChI is InChI=1S/C15H20N2O2/c1-10-12(9-16-15(2,3)14(18)19-4)11-7-5-6-8-13(11)17-10/h5-8,16-17H,9H2,1-4H3. The number of aromatic nitrogens is 1. The molecule has 0 atom stereocenters. The van der Waals surface area contributed by atoms with Crippen molar-refractivity contribution in [3.8, 4) is 0 Å². The molecule has 0 saturated carbocycles. The Morgan fingerprint density at radius 3 is 2.74 bits per heavy atom. The van der Waals surface area contributed by atoms with Crippen LogP contribution in [0, 0.1) is 6.92 Å². The van der Waals surface area contributed by atoms with Crippen molar-refractivity contribution in [1.29, 1.82) is 0 Å². The Balaban J connectivity index is 2.23. The Hall–Kier alpha value is -1.81. The van der Waals surface area contributed by atoms with E-state index in [0.29, 0.717) is 6.54 Å². The lowest BCUT2D eigenvalue weighted by Crippen LogP contribution is -2.47. The molecule has 0 saturated heterocycles. The van der Waals surface area contributed by atoms with Crippen molar-refractivity contribution in [2.75, 3.05) is 7.11 Å². The molecule has 19 heavy (non-hydrogen) atoms. The Labute approximate surface area is 113 Å². The first-order valence-electron chi connectivity index (χ1n) is 6.35. The van der Waals surface area contributed by atoms with Gasteiger partial charge in [-0.1, -0.05) is 18.2 Å². The predicted octanol–water partition coefficient (Wildman–Crippen LogP) is 2.52. The third kappa shape index (κ3) is 2.63. The lowest BCUT2D eigenvalue weighted by Gasteiger charge is -2.23. The van der Waals surface area contributed by atoms with E-state index in [1.165, 1.54) is 18.1 Å². The van der Waals surface area contributed by atoms with Crippen molar-refractivity contribution in [3.05, 3.63) is 35.5 Å². The minimum atomic E-state index is -0.695. The van der Waals surface area contributed by atoms with Crippen LogP contribution in [0.3, 0.4) is 0 Å². The van der Waals surface area contributed by atoms with E-state index in [4.69, 9.17) is 4.74 Å². The van der Waals surface area contributed by atoms with Crippen LogP contribution in [0.2, 0.25) is 0 Å². The van der Waals surface area contributed by atoms with Crippen molar-refractivity contribution in [2.45, 2.75) is 32.9 Å². The fourth-order valence-electron chi connectivity index (χ4n) is 2.20. The zero-order chi connectivity index (χ0) is 14.0. The number of hydrogen-bond acceptors (Lipinski definition) is 3. The van der Waals surface area contributed by atoms with Gasteiger partial charge in [0.05, 0.1) is 7.11 Å². The number of para-hydroxylation sites is 1. The Morgan fingerprint density at radius 1 is 1.37 bits per heavy atom. The highest BCUT2D eigenvalue weighted by molar-refractivity contribution is 5.84. The molecule has 0 unspecified atom stereocenters. The van der Waals surface area contributed by atoms with E-state index in [2.05, 4.69) is 22.4 Å². The van der Waals surface area contributed by atoms with E-state index >= 15 is 0 Å². The maximum Gasteiger partial charge on any atom is 0.325 e. The molecule has 2 N–H and O–H groups in total. The number of benzene rings is 1. The van der Waals surface area contributed by atoms with E-state index < -0.39 is 5.54 Å². The number of carbonyl (C=O) groups excluding carboxylic acids is 1. The minimum absolute atomic E-state index is 0.259. The van der Waals surface area contributed by atoms with Crippen LogP contribution in [-0.4, -0.2) is 23.6 Å². The van der Waals surface area contributed by atoms with Gasteiger partial charge in [0.25, 0.3) is 0 Å². The van der Waals surface area contributed by atoms with Crippen LogP contribution in [0.15, 0.2) is 24.3 Å². The van der Waals surface area contributed by atoms with Crippen LogP contribution >= 0.6 is 0 Å². The number of rotatable bonds is 4. The van der Waals surface area contributed by atoms with Crippen LogP contribution in [0.5, 0.6) is 0 Å². The molecule has 4 heteroatoms. The number of methoxy groups -OCH3 is 1. The zero-order valence-corrected chi connectivity index (χ0v) is 11.8. The maximum absolute atomic E-state index is 11.6. The second-order valence-corrected chi connectivity index (χ2v) is 5.24. The molecule has 0 aliphatic rings. The second-order valence-electron chi connectivity index (χ2n) is 5.24. The second kappa shape index (κ2) is 5.05. The summed E-state index contributed by atoms with van der Waals surface area (Å²) in [6.45, 7) is 6.31. The first kappa shape index (κ1) is 13.6. The van der Waals surface area contributed by atoms with Gasteiger partial charge < -0.3 is 9.72 Å². The van der Waals surface area contributed by atoms with Gasteiger partial charge in [0, 0.05) is 23.1 Å². The smallest absolute Gasteiger partial charge is 0.325 e. The van der Waals surface area contributed by atoms with Crippen LogP contribution in [0.1, 0.15) is 25.1 Å². The highest BCUT2D eigenvalue weighted by atomic mass is 16.5. The third-order valence-electron chi connectivity index (χ3n) is 3.43. The highest BCUT2D eigenvalue weighted by Gasteiger charge is 2.28. The lowest BCUT2D eigenvalue weighted by molar-refractivity contribution is -0.147. The zero-order valence-electron chi connectivity index (χ0n) is 11.8. The number of hydrogen-bond donors (Lipinski definition) is 2. The molecule has 0 aliphatic heterocycles. The number of H-pyrrole nitrogens is 1. The average molecular weight is 260 g/mol. The van der Waals surface area contributed by atoms with Crippen LogP contribution in [0.25, 0.3) is 10.9 Å². The molecule has 0 bridgehead atoms. The maximum atomic E-state index is 11.6. The molecule has 4 nitrogen and oxygen atoms in total. The molecule has 2 rings (SSSR count). The first-order chi connectivity index (χ1) is 8.95. The largest absolute Gasteiger partial charge is 0.468 e. The predicted molar refractivity (Wildman–Crippen MR) is 76.0 cm³/mol. The molecule has 0 aliphatic carbocycles. The number of fused-ring (bicyclic) bond motifs is 1. The van der Waals surface area contributed by atoms with Crippen molar-refractivity contribution < 1.29 is 9.53 Å². The van der Waals surface area contributed by atoms with Crippen molar-refractivity contribution >= 4 is 16.9 Å². The highest BCUT2D eigenvalue weighted by Crippen LogP contribution is 2.22. The van der Waals surface area contributed by atoms with Gasteiger partial charge in [0.2, 0.25) is 0 Å². The summed E-state index contributed by atoms with van der Waals surface area (Å²) in [5, 5.41) is 4.44. The molecule has 2 aromatic rings. The molecule has 1 aromatic heterocycles. The number of ether oxygens (including phenoxy) is 1. The fraction of sp³-hybridized carbons (Fsp3) is 0.400. The molecular formula is C15H20N2O2. The van der Waals surface area contributed by atoms with E-state index in [0.717, 1.165) is 11.2 Å². The minimum Gasteiger partial charge on any atom is -0.468 e. The summed E-state index contributed by atoms with van der Waals surface area (Å²) in [7, 11) is 1.41. The number of aryl methyl sites for hydroxylation is 1. The fourth-order valence-corrected chi connectivity index (χ4v) is 2.20. The Bertz CT molecular complexity index is 599. The number of aromatic amines is 1. The van der Waals surface area contributed by atoms with Gasteiger partial charge in [0.1, 0.15) is 5.54 Å². The van der Waals surface area contributed by atoms with Gasteiger partial charge >= 0.3 is 5.97 Å². The van der Waals surface area contributed by atoms with Crippen LogP contribution in [0.4, 0.5) is 0 Å². The van der Waals surface area contributed by atoms with E-state index in [-0.39, 0.29) is 5.97 Å². The SMILES string of the molecule is COC(=O)C(C)(C)NCc1c(C)[nH]c2ccccc12. The van der Waals surface area contributed by atoms with Crippen molar-refractivity contribution in [3.63, 3.8) is 0 Å². The molecular weight excluding hydrogens is 240 g/mol. The van der Waals surface area contributed by atoms with E-state index in [1.54, 1.807) is 0 Å². The lowest BCUT2D eigenvalue weighted by atomic mass is 10.0. The summed E-state index contributed by atoms with van der Waals surface area (Å²) in [6.07, 6.45) is 0. The van der Waals surface area contributed by atoms with Gasteiger partial charge in [-0.3, -0.25) is 10.1 Å². The summed E-state index contributed by atoms with van der Waals surface area (Å²) in [5.74, 6) is -0.259. The van der Waals surface area contributed by atoms with Gasteiger partial charge in [-0.2, -0.15) is 0 Å². The summed E-state index contributed by atoms with van der Waals surface area (Å²) < 4.78 is 4.79. The van der Waals surface area contributed by atoms with Gasteiger partial charge in [-0.25, -0.2) is 0 Å². The molecule has 0 radical (unpaired) electrons. The first-order valence-corrected chi connectivity index (χ1v) is 6.35. The summed E-state index contributed by atoms with van der Waals surface area (Å²) in [6, 6.07) is 8.16. The van der Waals surface area contributed by atoms with Gasteiger partial charge in [-0.05, 0) is 32.4 Å². The van der Waals surface area contributed by atoms with E-state index in [9.17, 15) is 4.79 Å². The summed E-state index contributed by atoms with van der Waals surface area (Å²) in [5.41, 5.74) is 2.73. The average Bonchev–Trinajstić information content (AvgIpc) is 2.71. The third-order valence-corrected chi connectivity index (χ3v) is 3.43. The van der Waals surface area contributed by atoms with Gasteiger partial charge in [-0.15, -0.1) is 0 Å². The monoisotopic (exact) mass is 260 g/mol. The number of esters is 1. The molecule has 0 spiro atoms. The topological polar surface area (TPSA) is 54.1 Å². The molecule has 1 heterocycles. The van der Waals surface area contributed by atoms with E-state index in [1.807, 2.05) is 32.9 Å². The molecule has 1 aromatic carbocycles. The Kier molecular flexibility index (Phi) is 3.62. The number of carbonyl (C=O) groups is 1. The summed E-state index contributed by atoms with van der Waals surface area (Å²) >= 11 is 0. The quantitative estimate of drug-likeness (QED) is 0.831. The molecule has 0 amide bonds. The summed E-state index contributed by atoms with van der Waals surface area (Å²) in [4.78, 5) is 15.0. The van der Waals surface area contributed by atoms with Crippen LogP contribution < -0.4 is 5.32 Å². The molecule has 102 valence electrons. The number of nitrogens with one attached hydrogen (secondary N) is 2. The van der Waals surface area contributed by atoms with Crippen LogP contribution in [-0.2, 0) is 16.1 Å².